The third kappa shape index (κ3) is 2.64. The Bertz CT molecular complexity index is 446. The van der Waals surface area contributed by atoms with Gasteiger partial charge in [-0.3, -0.25) is 9.48 Å². The van der Waals surface area contributed by atoms with Gasteiger partial charge in [0.15, 0.2) is 0 Å². The third-order valence-electron chi connectivity index (χ3n) is 3.16. The molecule has 2 rings (SSSR count). The van der Waals surface area contributed by atoms with E-state index in [0.717, 1.165) is 25.1 Å². The normalized spacial score (nSPS) is 20.0. The summed E-state index contributed by atoms with van der Waals surface area (Å²) in [5, 5.41) is 12.9. The molecule has 17 heavy (non-hydrogen) atoms. The summed E-state index contributed by atoms with van der Waals surface area (Å²) in [6, 6.07) is 3.92. The average molecular weight is 232 g/mol. The largest absolute Gasteiger partial charge is 0.341 e. The summed E-state index contributed by atoms with van der Waals surface area (Å²) < 4.78 is 1.78. The molecule has 5 nitrogen and oxygen atoms in total. The number of amides is 1. The van der Waals surface area contributed by atoms with Crippen LogP contribution < -0.4 is 0 Å². The van der Waals surface area contributed by atoms with Crippen molar-refractivity contribution in [3.8, 4) is 6.07 Å². The van der Waals surface area contributed by atoms with Crippen molar-refractivity contribution in [2.24, 2.45) is 7.05 Å². The lowest BCUT2D eigenvalue weighted by atomic mass is 9.95. The van der Waals surface area contributed by atoms with E-state index in [1.54, 1.807) is 9.58 Å². The van der Waals surface area contributed by atoms with E-state index in [1.165, 1.54) is 0 Å². The molecule has 0 spiro atoms. The summed E-state index contributed by atoms with van der Waals surface area (Å²) >= 11 is 0. The Morgan fingerprint density at radius 1 is 1.71 bits per heavy atom. The molecule has 0 unspecified atom stereocenters. The summed E-state index contributed by atoms with van der Waals surface area (Å²) in [5.74, 6) is 0.251. The highest BCUT2D eigenvalue weighted by Crippen LogP contribution is 2.25. The first kappa shape index (κ1) is 11.6. The van der Waals surface area contributed by atoms with Crippen LogP contribution in [0.15, 0.2) is 12.3 Å². The van der Waals surface area contributed by atoms with Crippen molar-refractivity contribution in [1.82, 2.24) is 14.7 Å². The first-order chi connectivity index (χ1) is 8.20. The number of carbonyl (C=O) groups is 1. The number of hydrogen-bond donors (Lipinski definition) is 0. The number of aryl methyl sites for hydroxylation is 1. The van der Waals surface area contributed by atoms with Crippen molar-refractivity contribution in [3.05, 3.63) is 18.0 Å². The van der Waals surface area contributed by atoms with Gasteiger partial charge in [0.25, 0.3) is 0 Å². The van der Waals surface area contributed by atoms with E-state index in [1.807, 2.05) is 25.4 Å². The molecule has 90 valence electrons. The van der Waals surface area contributed by atoms with Crippen LogP contribution in [0.2, 0.25) is 0 Å². The van der Waals surface area contributed by atoms with Gasteiger partial charge in [0.05, 0.1) is 11.8 Å². The molecule has 1 aromatic heterocycles. The number of nitriles is 1. The van der Waals surface area contributed by atoms with Crippen molar-refractivity contribution in [2.75, 3.05) is 13.1 Å². The van der Waals surface area contributed by atoms with Crippen molar-refractivity contribution in [3.63, 3.8) is 0 Å². The monoisotopic (exact) mass is 232 g/mol. The average Bonchev–Trinajstić information content (AvgIpc) is 2.76. The molecule has 0 aromatic carbocycles. The van der Waals surface area contributed by atoms with Gasteiger partial charge >= 0.3 is 0 Å². The number of piperidine rings is 1. The molecule has 1 amide bonds. The van der Waals surface area contributed by atoms with Crippen molar-refractivity contribution < 1.29 is 4.79 Å². The van der Waals surface area contributed by atoms with Crippen molar-refractivity contribution in [2.45, 2.75) is 25.2 Å². The van der Waals surface area contributed by atoms with Gasteiger partial charge in [0.2, 0.25) is 5.91 Å². The Labute approximate surface area is 101 Å². The van der Waals surface area contributed by atoms with Gasteiger partial charge in [-0.1, -0.05) is 0 Å². The molecule has 5 heteroatoms. The van der Waals surface area contributed by atoms with Crippen LogP contribution in [0, 0.1) is 11.3 Å². The van der Waals surface area contributed by atoms with Crippen LogP contribution in [0.3, 0.4) is 0 Å². The second kappa shape index (κ2) is 5.00. The SMILES string of the molecule is Cn1ccc([C@H]2CCCN(C(=O)CC#N)C2)n1. The molecular weight excluding hydrogens is 216 g/mol. The maximum absolute atomic E-state index is 11.7. The number of nitrogens with zero attached hydrogens (tertiary/aromatic N) is 4. The maximum Gasteiger partial charge on any atom is 0.236 e. The smallest absolute Gasteiger partial charge is 0.236 e. The zero-order chi connectivity index (χ0) is 12.3. The molecule has 0 radical (unpaired) electrons. The molecule has 0 N–H and O–H groups in total. The van der Waals surface area contributed by atoms with Gasteiger partial charge in [0, 0.05) is 32.3 Å². The second-order valence-electron chi connectivity index (χ2n) is 4.43. The standard InChI is InChI=1S/C12H16N4O/c1-15-8-5-11(14-15)10-3-2-7-16(9-10)12(17)4-6-13/h5,8,10H,2-4,7,9H2,1H3/t10-/m0/s1. The number of aromatic nitrogens is 2. The predicted molar refractivity (Wildman–Crippen MR) is 62.0 cm³/mol. The summed E-state index contributed by atoms with van der Waals surface area (Å²) in [5.41, 5.74) is 1.04. The first-order valence-corrected chi connectivity index (χ1v) is 5.85. The van der Waals surface area contributed by atoms with E-state index in [9.17, 15) is 4.79 Å². The Morgan fingerprint density at radius 3 is 3.18 bits per heavy atom. The number of rotatable bonds is 2. The van der Waals surface area contributed by atoms with Gasteiger partial charge in [-0.05, 0) is 18.9 Å². The van der Waals surface area contributed by atoms with E-state index in [-0.39, 0.29) is 12.3 Å². The van der Waals surface area contributed by atoms with Crippen LogP contribution in [0.5, 0.6) is 0 Å². The fourth-order valence-corrected chi connectivity index (χ4v) is 2.28. The molecule has 0 saturated carbocycles. The fraction of sp³-hybridized carbons (Fsp3) is 0.583. The Morgan fingerprint density at radius 2 is 2.53 bits per heavy atom. The minimum absolute atomic E-state index is 0.0189. The highest BCUT2D eigenvalue weighted by Gasteiger charge is 2.25. The van der Waals surface area contributed by atoms with Gasteiger partial charge < -0.3 is 4.90 Å². The molecule has 1 aromatic rings. The van der Waals surface area contributed by atoms with Crippen LogP contribution in [0.25, 0.3) is 0 Å². The number of hydrogen-bond acceptors (Lipinski definition) is 3. The zero-order valence-corrected chi connectivity index (χ0v) is 9.96. The lowest BCUT2D eigenvalue weighted by Crippen LogP contribution is -2.39. The van der Waals surface area contributed by atoms with Gasteiger partial charge in [-0.25, -0.2) is 0 Å². The van der Waals surface area contributed by atoms with Crippen LogP contribution in [0.1, 0.15) is 30.9 Å². The molecule has 1 fully saturated rings. The summed E-state index contributed by atoms with van der Waals surface area (Å²) in [6.45, 7) is 1.46. The van der Waals surface area contributed by atoms with Gasteiger partial charge in [-0.2, -0.15) is 10.4 Å². The fourth-order valence-electron chi connectivity index (χ4n) is 2.28. The van der Waals surface area contributed by atoms with Crippen molar-refractivity contribution in [1.29, 1.82) is 5.26 Å². The van der Waals surface area contributed by atoms with Crippen LogP contribution in [-0.4, -0.2) is 33.7 Å². The second-order valence-corrected chi connectivity index (χ2v) is 4.43. The number of likely N-dealkylation sites (tertiary alicyclic amines) is 1. The molecule has 0 aliphatic carbocycles. The molecule has 2 heterocycles. The Balaban J connectivity index is 2.02. The molecular formula is C12H16N4O. The Kier molecular flexibility index (Phi) is 3.43. The van der Waals surface area contributed by atoms with E-state index >= 15 is 0 Å². The summed E-state index contributed by atoms with van der Waals surface area (Å²) in [7, 11) is 1.89. The predicted octanol–water partition coefficient (Wildman–Crippen LogP) is 1.04. The maximum atomic E-state index is 11.7. The molecule has 0 bridgehead atoms. The highest BCUT2D eigenvalue weighted by molar-refractivity contribution is 5.78. The van der Waals surface area contributed by atoms with Crippen LogP contribution in [0.4, 0.5) is 0 Å². The molecule has 1 aliphatic rings. The number of carbonyl (C=O) groups excluding carboxylic acids is 1. The van der Waals surface area contributed by atoms with E-state index in [2.05, 4.69) is 5.10 Å². The molecule has 1 saturated heterocycles. The van der Waals surface area contributed by atoms with Crippen LogP contribution in [-0.2, 0) is 11.8 Å². The topological polar surface area (TPSA) is 61.9 Å². The summed E-state index contributed by atoms with van der Waals surface area (Å²) in [4.78, 5) is 13.4. The minimum atomic E-state index is -0.0619. The van der Waals surface area contributed by atoms with E-state index < -0.39 is 0 Å². The van der Waals surface area contributed by atoms with Gasteiger partial charge in [0.1, 0.15) is 6.42 Å². The first-order valence-electron chi connectivity index (χ1n) is 5.85. The summed E-state index contributed by atoms with van der Waals surface area (Å²) in [6.07, 6.45) is 3.95. The lowest BCUT2D eigenvalue weighted by Gasteiger charge is -2.31. The lowest BCUT2D eigenvalue weighted by molar-refractivity contribution is -0.131. The van der Waals surface area contributed by atoms with E-state index in [0.29, 0.717) is 12.5 Å². The Hall–Kier alpha value is -1.83. The third-order valence-corrected chi connectivity index (χ3v) is 3.16. The van der Waals surface area contributed by atoms with Crippen molar-refractivity contribution >= 4 is 5.91 Å². The highest BCUT2D eigenvalue weighted by atomic mass is 16.2. The van der Waals surface area contributed by atoms with Crippen LogP contribution >= 0.6 is 0 Å². The zero-order valence-electron chi connectivity index (χ0n) is 9.96. The van der Waals surface area contributed by atoms with E-state index in [4.69, 9.17) is 5.26 Å². The molecule has 1 atom stereocenters. The molecule has 1 aliphatic heterocycles. The quantitative estimate of drug-likeness (QED) is 0.765. The van der Waals surface area contributed by atoms with Gasteiger partial charge in [-0.15, -0.1) is 0 Å². The minimum Gasteiger partial charge on any atom is -0.341 e.